The van der Waals surface area contributed by atoms with Crippen LogP contribution in [0.4, 0.5) is 0 Å². The lowest BCUT2D eigenvalue weighted by Gasteiger charge is -2.35. The van der Waals surface area contributed by atoms with Crippen molar-refractivity contribution < 1.29 is 9.59 Å². The van der Waals surface area contributed by atoms with Gasteiger partial charge in [0.15, 0.2) is 0 Å². The third-order valence-electron chi connectivity index (χ3n) is 7.46. The Balaban J connectivity index is 1.54. The second kappa shape index (κ2) is 11.5. The largest absolute Gasteiger partial charge is 0.338 e. The standard InChI is InChI=1S/C28H42N4O2/c1-21-17-22(2)20-31(19-21)28(34)24-11-12-25-26(18-24)32(27(29-25)10-7-9-23(3)33)16-8-15-30-13-5-4-6-14-30/h11-12,18,21-22H,4-10,13-17,19-20H2,1-3H3. The van der Waals surface area contributed by atoms with E-state index in [4.69, 9.17) is 4.98 Å². The number of hydrogen-bond acceptors (Lipinski definition) is 4. The Morgan fingerprint density at radius 1 is 1.00 bits per heavy atom. The number of amides is 1. The van der Waals surface area contributed by atoms with Gasteiger partial charge in [0.05, 0.1) is 11.0 Å². The molecule has 0 aliphatic carbocycles. The van der Waals surface area contributed by atoms with Crippen molar-refractivity contribution >= 4 is 22.7 Å². The average Bonchev–Trinajstić information content (AvgIpc) is 3.15. The molecule has 2 aromatic rings. The number of carbonyl (C=O) groups excluding carboxylic acids is 2. The van der Waals surface area contributed by atoms with E-state index in [9.17, 15) is 9.59 Å². The fraction of sp³-hybridized carbons (Fsp3) is 0.679. The molecule has 2 fully saturated rings. The Morgan fingerprint density at radius 2 is 1.74 bits per heavy atom. The van der Waals surface area contributed by atoms with Crippen molar-refractivity contribution in [1.82, 2.24) is 19.4 Å². The molecule has 0 bridgehead atoms. The second-order valence-corrected chi connectivity index (χ2v) is 10.9. The fourth-order valence-electron chi connectivity index (χ4n) is 5.89. The Hall–Kier alpha value is -2.21. The summed E-state index contributed by atoms with van der Waals surface area (Å²) < 4.78 is 2.32. The van der Waals surface area contributed by atoms with E-state index in [1.807, 2.05) is 17.0 Å². The lowest BCUT2D eigenvalue weighted by molar-refractivity contribution is -0.117. The van der Waals surface area contributed by atoms with Crippen molar-refractivity contribution in [3.63, 3.8) is 0 Å². The summed E-state index contributed by atoms with van der Waals surface area (Å²) in [6.07, 6.45) is 8.44. The summed E-state index contributed by atoms with van der Waals surface area (Å²) in [7, 11) is 0. The van der Waals surface area contributed by atoms with Crippen LogP contribution in [0.25, 0.3) is 11.0 Å². The number of piperidine rings is 2. The van der Waals surface area contributed by atoms with Crippen LogP contribution in [-0.2, 0) is 17.8 Å². The van der Waals surface area contributed by atoms with E-state index in [1.165, 1.54) is 38.8 Å². The van der Waals surface area contributed by atoms with Crippen molar-refractivity contribution in [3.05, 3.63) is 29.6 Å². The van der Waals surface area contributed by atoms with Gasteiger partial charge >= 0.3 is 0 Å². The highest BCUT2D eigenvalue weighted by atomic mass is 16.2. The SMILES string of the molecule is CC(=O)CCCc1nc2ccc(C(=O)N3CC(C)CC(C)C3)cc2n1CCCN1CCCCC1. The summed E-state index contributed by atoms with van der Waals surface area (Å²) in [5, 5.41) is 0. The highest BCUT2D eigenvalue weighted by Gasteiger charge is 2.26. The predicted octanol–water partition coefficient (Wildman–Crippen LogP) is 4.94. The van der Waals surface area contributed by atoms with Crippen molar-refractivity contribution in [1.29, 1.82) is 0 Å². The minimum atomic E-state index is 0.138. The molecule has 0 N–H and O–H groups in total. The zero-order chi connectivity index (χ0) is 24.1. The summed E-state index contributed by atoms with van der Waals surface area (Å²) in [5.74, 6) is 2.50. The predicted molar refractivity (Wildman–Crippen MR) is 137 cm³/mol. The van der Waals surface area contributed by atoms with Gasteiger partial charge in [0, 0.05) is 38.0 Å². The number of fused-ring (bicyclic) bond motifs is 1. The molecule has 186 valence electrons. The Bertz CT molecular complexity index is 982. The molecule has 1 aromatic heterocycles. The molecule has 34 heavy (non-hydrogen) atoms. The minimum absolute atomic E-state index is 0.138. The van der Waals surface area contributed by atoms with E-state index >= 15 is 0 Å². The van der Waals surface area contributed by atoms with Crippen molar-refractivity contribution in [2.45, 2.75) is 78.7 Å². The fourth-order valence-corrected chi connectivity index (χ4v) is 5.89. The van der Waals surface area contributed by atoms with Gasteiger partial charge in [-0.15, -0.1) is 0 Å². The van der Waals surface area contributed by atoms with Crippen LogP contribution in [0.3, 0.4) is 0 Å². The first-order valence-corrected chi connectivity index (χ1v) is 13.4. The normalized spacial score (nSPS) is 21.8. The van der Waals surface area contributed by atoms with Gasteiger partial charge in [0.2, 0.25) is 0 Å². The molecule has 2 aliphatic heterocycles. The Kier molecular flexibility index (Phi) is 8.41. The van der Waals surface area contributed by atoms with Gasteiger partial charge in [-0.2, -0.15) is 0 Å². The monoisotopic (exact) mass is 466 g/mol. The molecule has 4 rings (SSSR count). The number of hydrogen-bond donors (Lipinski definition) is 0. The van der Waals surface area contributed by atoms with Crippen LogP contribution in [0, 0.1) is 11.8 Å². The number of imidazole rings is 1. The van der Waals surface area contributed by atoms with Gasteiger partial charge in [-0.25, -0.2) is 4.98 Å². The van der Waals surface area contributed by atoms with Gasteiger partial charge in [-0.3, -0.25) is 4.79 Å². The Labute approximate surface area is 204 Å². The summed E-state index contributed by atoms with van der Waals surface area (Å²) in [4.78, 5) is 34.4. The number of likely N-dealkylation sites (tertiary alicyclic amines) is 2. The van der Waals surface area contributed by atoms with Crippen LogP contribution in [0.5, 0.6) is 0 Å². The van der Waals surface area contributed by atoms with Crippen LogP contribution in [-0.4, -0.2) is 63.8 Å². The number of aryl methyl sites for hydroxylation is 2. The number of ketones is 1. The molecule has 2 atom stereocenters. The van der Waals surface area contributed by atoms with Gasteiger partial charge in [0.25, 0.3) is 5.91 Å². The molecular weight excluding hydrogens is 424 g/mol. The number of nitrogens with zero attached hydrogens (tertiary/aromatic N) is 4. The minimum Gasteiger partial charge on any atom is -0.338 e. The van der Waals surface area contributed by atoms with E-state index < -0.39 is 0 Å². The third-order valence-corrected chi connectivity index (χ3v) is 7.46. The molecule has 2 unspecified atom stereocenters. The van der Waals surface area contributed by atoms with E-state index in [1.54, 1.807) is 6.92 Å². The highest BCUT2D eigenvalue weighted by molar-refractivity contribution is 5.97. The van der Waals surface area contributed by atoms with E-state index in [0.717, 1.165) is 67.9 Å². The number of carbonyl (C=O) groups is 2. The molecule has 3 heterocycles. The first kappa shape index (κ1) is 24.9. The molecule has 6 nitrogen and oxygen atoms in total. The molecule has 2 aliphatic rings. The van der Waals surface area contributed by atoms with Crippen molar-refractivity contribution in [3.8, 4) is 0 Å². The lowest BCUT2D eigenvalue weighted by atomic mass is 9.91. The molecule has 1 amide bonds. The van der Waals surface area contributed by atoms with Gasteiger partial charge in [-0.05, 0) is 88.7 Å². The quantitative estimate of drug-likeness (QED) is 0.525. The van der Waals surface area contributed by atoms with Crippen LogP contribution in [0.2, 0.25) is 0 Å². The molecule has 2 saturated heterocycles. The van der Waals surface area contributed by atoms with Crippen LogP contribution in [0.1, 0.15) is 81.9 Å². The smallest absolute Gasteiger partial charge is 0.253 e. The summed E-state index contributed by atoms with van der Waals surface area (Å²) in [6.45, 7) is 12.2. The van der Waals surface area contributed by atoms with Crippen LogP contribution < -0.4 is 0 Å². The van der Waals surface area contributed by atoms with E-state index in [-0.39, 0.29) is 11.7 Å². The number of rotatable bonds is 9. The molecule has 0 radical (unpaired) electrons. The number of benzene rings is 1. The molecule has 6 heteroatoms. The first-order valence-electron chi connectivity index (χ1n) is 13.4. The zero-order valence-corrected chi connectivity index (χ0v) is 21.4. The zero-order valence-electron chi connectivity index (χ0n) is 21.4. The van der Waals surface area contributed by atoms with E-state index in [0.29, 0.717) is 18.3 Å². The number of Topliss-reactive ketones (excluding diaryl/α,β-unsaturated/α-hetero) is 1. The molecule has 0 spiro atoms. The van der Waals surface area contributed by atoms with Crippen LogP contribution >= 0.6 is 0 Å². The second-order valence-electron chi connectivity index (χ2n) is 10.9. The maximum absolute atomic E-state index is 13.4. The maximum Gasteiger partial charge on any atom is 0.253 e. The average molecular weight is 467 g/mol. The summed E-state index contributed by atoms with van der Waals surface area (Å²) in [5.41, 5.74) is 2.77. The van der Waals surface area contributed by atoms with Gasteiger partial charge in [-0.1, -0.05) is 20.3 Å². The molecule has 1 aromatic carbocycles. The number of aromatic nitrogens is 2. The molecule has 0 saturated carbocycles. The van der Waals surface area contributed by atoms with Crippen molar-refractivity contribution in [2.75, 3.05) is 32.7 Å². The van der Waals surface area contributed by atoms with Gasteiger partial charge in [0.1, 0.15) is 11.6 Å². The lowest BCUT2D eigenvalue weighted by Crippen LogP contribution is -2.42. The topological polar surface area (TPSA) is 58.4 Å². The van der Waals surface area contributed by atoms with Crippen LogP contribution in [0.15, 0.2) is 18.2 Å². The Morgan fingerprint density at radius 3 is 2.44 bits per heavy atom. The van der Waals surface area contributed by atoms with Gasteiger partial charge < -0.3 is 19.2 Å². The summed E-state index contributed by atoms with van der Waals surface area (Å²) >= 11 is 0. The highest BCUT2D eigenvalue weighted by Crippen LogP contribution is 2.25. The van der Waals surface area contributed by atoms with Crippen molar-refractivity contribution in [2.24, 2.45) is 11.8 Å². The molecular formula is C28H42N4O2. The summed E-state index contributed by atoms with van der Waals surface area (Å²) in [6, 6.07) is 6.01. The van der Waals surface area contributed by atoms with E-state index in [2.05, 4.69) is 29.4 Å². The first-order chi connectivity index (χ1) is 16.4. The maximum atomic E-state index is 13.4. The third kappa shape index (κ3) is 6.26.